The maximum atomic E-state index is 14.0. The number of anilines is 1. The molecule has 3 aliphatic carbocycles. The number of aromatic hydroxyl groups is 1. The lowest BCUT2D eigenvalue weighted by molar-refractivity contribution is -0.153. The number of phenolic OH excluding ortho intramolecular Hbond substituents is 1. The second-order valence-electron chi connectivity index (χ2n) is 11.5. The average Bonchev–Trinajstić information content (AvgIpc) is 3.50. The number of aliphatic hydroxyl groups excluding tert-OH is 2. The molecule has 226 valence electrons. The number of primary amides is 1. The van der Waals surface area contributed by atoms with Crippen LogP contribution >= 0.6 is 0 Å². The molecule has 4 atom stereocenters. The van der Waals surface area contributed by atoms with E-state index >= 15 is 0 Å². The van der Waals surface area contributed by atoms with Crippen molar-refractivity contribution in [2.75, 3.05) is 19.4 Å². The van der Waals surface area contributed by atoms with E-state index in [0.717, 1.165) is 0 Å². The predicted octanol–water partition coefficient (Wildman–Crippen LogP) is 1.61. The first-order valence-electron chi connectivity index (χ1n) is 13.8. The number of carbonyl (C=O) groups is 4. The van der Waals surface area contributed by atoms with E-state index in [1.54, 1.807) is 44.4 Å². The van der Waals surface area contributed by atoms with E-state index in [-0.39, 0.29) is 35.4 Å². The van der Waals surface area contributed by atoms with Crippen LogP contribution in [-0.2, 0) is 20.8 Å². The number of ketones is 2. The number of hydrogen-bond acceptors (Lipinski definition) is 10. The minimum absolute atomic E-state index is 0.0225. The Morgan fingerprint density at radius 1 is 1.11 bits per heavy atom. The molecule has 4 unspecified atom stereocenters. The number of benzene rings is 2. The number of hydrogen-bond donors (Lipinski definition) is 7. The topological polar surface area (TPSA) is 219 Å². The molecule has 2 aromatic carbocycles. The third-order valence-corrected chi connectivity index (χ3v) is 8.78. The Morgan fingerprint density at radius 3 is 2.52 bits per heavy atom. The zero-order valence-electron chi connectivity index (χ0n) is 23.7. The van der Waals surface area contributed by atoms with Gasteiger partial charge >= 0.3 is 0 Å². The molecule has 13 heteroatoms. The Morgan fingerprint density at radius 2 is 1.86 bits per heavy atom. The Labute approximate surface area is 250 Å². The number of Topliss-reactive ketones (excluding diaryl/α,β-unsaturated/α-hetero) is 2. The monoisotopic (exact) mass is 599 g/mol. The van der Waals surface area contributed by atoms with Crippen molar-refractivity contribution in [2.24, 2.45) is 17.6 Å². The second-order valence-corrected chi connectivity index (χ2v) is 11.5. The zero-order valence-corrected chi connectivity index (χ0v) is 23.7. The van der Waals surface area contributed by atoms with Crippen molar-refractivity contribution >= 4 is 34.8 Å². The van der Waals surface area contributed by atoms with Gasteiger partial charge in [0.15, 0.2) is 11.4 Å². The molecule has 1 heterocycles. The number of rotatable bonds is 5. The molecule has 13 nitrogen and oxygen atoms in total. The van der Waals surface area contributed by atoms with Crippen molar-refractivity contribution in [3.8, 4) is 16.9 Å². The van der Waals surface area contributed by atoms with Crippen LogP contribution in [0.15, 0.2) is 65.6 Å². The summed E-state index contributed by atoms with van der Waals surface area (Å²) in [5, 5.41) is 54.3. The van der Waals surface area contributed by atoms with Crippen LogP contribution in [0.2, 0.25) is 0 Å². The molecule has 6 rings (SSSR count). The summed E-state index contributed by atoms with van der Waals surface area (Å²) in [6.45, 7) is 0. The molecule has 1 aromatic heterocycles. The van der Waals surface area contributed by atoms with Gasteiger partial charge in [-0.15, -0.1) is 0 Å². The van der Waals surface area contributed by atoms with Crippen LogP contribution in [0.1, 0.15) is 28.0 Å². The number of fused-ring (bicyclic) bond motifs is 3. The summed E-state index contributed by atoms with van der Waals surface area (Å²) >= 11 is 0. The largest absolute Gasteiger partial charge is 0.508 e. The van der Waals surface area contributed by atoms with E-state index in [4.69, 9.17) is 5.73 Å². The van der Waals surface area contributed by atoms with Gasteiger partial charge in [0, 0.05) is 23.4 Å². The first kappa shape index (κ1) is 28.8. The van der Waals surface area contributed by atoms with Crippen molar-refractivity contribution in [3.63, 3.8) is 0 Å². The zero-order chi connectivity index (χ0) is 31.7. The van der Waals surface area contributed by atoms with E-state index in [0.29, 0.717) is 22.4 Å². The number of likely N-dealkylation sites (N-methyl/N-ethyl adjacent to an activating group) is 1. The van der Waals surface area contributed by atoms with Gasteiger partial charge in [-0.1, -0.05) is 18.2 Å². The van der Waals surface area contributed by atoms with Gasteiger partial charge in [0.05, 0.1) is 11.6 Å². The molecule has 44 heavy (non-hydrogen) atoms. The van der Waals surface area contributed by atoms with Crippen LogP contribution < -0.4 is 11.1 Å². The average molecular weight is 600 g/mol. The van der Waals surface area contributed by atoms with Crippen LogP contribution in [0.25, 0.3) is 16.9 Å². The van der Waals surface area contributed by atoms with Gasteiger partial charge in [-0.3, -0.25) is 29.2 Å². The van der Waals surface area contributed by atoms with E-state index < -0.39 is 64.0 Å². The SMILES string of the molecule is CN(C)C1C(=O)C(C(N)=O)=C(O)C2(O)C(=O)C3=C(O)c4c(O)ccc(-c5cccc(NC(=O)c6ccn[nH]6)c5)c4CC3CC12. The van der Waals surface area contributed by atoms with Crippen LogP contribution in [-0.4, -0.2) is 84.6 Å². The van der Waals surface area contributed by atoms with Crippen LogP contribution in [0.4, 0.5) is 5.69 Å². The summed E-state index contributed by atoms with van der Waals surface area (Å²) in [7, 11) is 3.09. The maximum absolute atomic E-state index is 14.0. The molecule has 3 aromatic rings. The minimum atomic E-state index is -2.71. The number of aromatic amines is 1. The van der Waals surface area contributed by atoms with Crippen LogP contribution in [0, 0.1) is 11.8 Å². The molecule has 0 bridgehead atoms. The second kappa shape index (κ2) is 10.2. The highest BCUT2D eigenvalue weighted by atomic mass is 16.3. The molecular formula is C31H29N5O8. The fraction of sp³-hybridized carbons (Fsp3) is 0.258. The Hall–Kier alpha value is -5.27. The molecule has 8 N–H and O–H groups in total. The van der Waals surface area contributed by atoms with E-state index in [9.17, 15) is 39.6 Å². The molecule has 0 radical (unpaired) electrons. The molecule has 3 aliphatic rings. The van der Waals surface area contributed by atoms with Crippen molar-refractivity contribution in [1.29, 1.82) is 0 Å². The van der Waals surface area contributed by atoms with Gasteiger partial charge in [-0.05, 0) is 73.8 Å². The highest BCUT2D eigenvalue weighted by molar-refractivity contribution is 6.24. The lowest BCUT2D eigenvalue weighted by Crippen LogP contribution is -2.65. The third-order valence-electron chi connectivity index (χ3n) is 8.78. The van der Waals surface area contributed by atoms with Gasteiger partial charge < -0.3 is 31.5 Å². The van der Waals surface area contributed by atoms with Gasteiger partial charge in [0.25, 0.3) is 11.8 Å². The fourth-order valence-corrected chi connectivity index (χ4v) is 6.86. The number of amides is 2. The van der Waals surface area contributed by atoms with Crippen molar-refractivity contribution in [3.05, 3.63) is 82.4 Å². The molecule has 0 spiro atoms. The van der Waals surface area contributed by atoms with Gasteiger partial charge in [0.1, 0.15) is 28.5 Å². The predicted molar refractivity (Wildman–Crippen MR) is 156 cm³/mol. The maximum Gasteiger partial charge on any atom is 0.273 e. The normalized spacial score (nSPS) is 24.6. The molecule has 0 aliphatic heterocycles. The number of phenols is 1. The first-order chi connectivity index (χ1) is 20.9. The van der Waals surface area contributed by atoms with E-state index in [2.05, 4.69) is 15.5 Å². The minimum Gasteiger partial charge on any atom is -0.508 e. The number of aliphatic hydroxyl groups is 3. The number of nitrogens with two attached hydrogens (primary N) is 1. The number of aromatic nitrogens is 2. The van der Waals surface area contributed by atoms with Gasteiger partial charge in [-0.2, -0.15) is 5.10 Å². The summed E-state index contributed by atoms with van der Waals surface area (Å²) in [5.74, 6) is -7.53. The van der Waals surface area contributed by atoms with Gasteiger partial charge in [0.2, 0.25) is 5.78 Å². The summed E-state index contributed by atoms with van der Waals surface area (Å²) in [5.41, 5.74) is 4.04. The Bertz CT molecular complexity index is 1830. The summed E-state index contributed by atoms with van der Waals surface area (Å²) in [6, 6.07) is 10.3. The number of nitrogens with zero attached hydrogens (tertiary/aromatic N) is 2. The summed E-state index contributed by atoms with van der Waals surface area (Å²) in [4.78, 5) is 53.5. The smallest absolute Gasteiger partial charge is 0.273 e. The lowest BCUT2D eigenvalue weighted by Gasteiger charge is -2.50. The van der Waals surface area contributed by atoms with Crippen molar-refractivity contribution < 1.29 is 39.6 Å². The first-order valence-corrected chi connectivity index (χ1v) is 13.8. The standard InChI is InChI=1S/C31H29N5O8/c1-36(2)24-18-12-14-11-17-16(13-4-3-5-15(10-13)34-30(43)19-8-9-33-35-19)6-7-20(37)22(17)25(38)21(14)27(40)31(18,44)28(41)23(26(24)39)29(32)42/h3-10,14,18,24,37-38,41,44H,11-12H2,1-2H3,(H2,32,42)(H,33,35)(H,34,43). The molecule has 2 amide bonds. The quantitative estimate of drug-likeness (QED) is 0.210. The summed E-state index contributed by atoms with van der Waals surface area (Å²) < 4.78 is 0. The van der Waals surface area contributed by atoms with Crippen LogP contribution in [0.3, 0.4) is 0 Å². The highest BCUT2D eigenvalue weighted by Crippen LogP contribution is 2.53. The fourth-order valence-electron chi connectivity index (χ4n) is 6.86. The van der Waals surface area contributed by atoms with Crippen molar-refractivity contribution in [1.82, 2.24) is 15.1 Å². The molecular weight excluding hydrogens is 570 g/mol. The Balaban J connectivity index is 1.46. The summed E-state index contributed by atoms with van der Waals surface area (Å²) in [6.07, 6.45) is 1.56. The number of H-pyrrole nitrogens is 1. The number of nitrogens with one attached hydrogen (secondary N) is 2. The van der Waals surface area contributed by atoms with E-state index in [1.807, 2.05) is 0 Å². The van der Waals surface area contributed by atoms with Crippen molar-refractivity contribution in [2.45, 2.75) is 24.5 Å². The van der Waals surface area contributed by atoms with Crippen LogP contribution in [0.5, 0.6) is 5.75 Å². The number of carbonyl (C=O) groups excluding carboxylic acids is 4. The van der Waals surface area contributed by atoms with E-state index in [1.165, 1.54) is 23.2 Å². The molecule has 1 fully saturated rings. The lowest BCUT2D eigenvalue weighted by atomic mass is 9.57. The molecule has 0 saturated heterocycles. The molecule has 1 saturated carbocycles. The van der Waals surface area contributed by atoms with Gasteiger partial charge in [-0.25, -0.2) is 0 Å². The highest BCUT2D eigenvalue weighted by Gasteiger charge is 2.64. The third kappa shape index (κ3) is 4.12. The Kier molecular flexibility index (Phi) is 6.67.